The molecule has 4 aliphatic rings. The molecule has 2 N–H and O–H groups in total. The lowest BCUT2D eigenvalue weighted by Crippen LogP contribution is -2.56. The van der Waals surface area contributed by atoms with Crippen LogP contribution in [-0.2, 0) is 14.3 Å². The lowest BCUT2D eigenvalue weighted by atomic mass is 9.77. The Hall–Kier alpha value is -1.77. The van der Waals surface area contributed by atoms with E-state index in [1.54, 1.807) is 6.20 Å². The van der Waals surface area contributed by atoms with Crippen LogP contribution < -0.4 is 5.32 Å². The van der Waals surface area contributed by atoms with Crippen LogP contribution in [0.25, 0.3) is 10.8 Å². The number of carbonyl (C=O) groups is 1. The molecule has 1 amide bonds. The molecule has 3 atom stereocenters. The second-order valence-electron chi connectivity index (χ2n) is 11.5. The van der Waals surface area contributed by atoms with Crippen molar-refractivity contribution in [1.82, 2.24) is 9.88 Å². The fourth-order valence-corrected chi connectivity index (χ4v) is 7.13. The number of aliphatic hydroxyl groups is 1. The third kappa shape index (κ3) is 4.23. The van der Waals surface area contributed by atoms with E-state index in [2.05, 4.69) is 28.2 Å². The van der Waals surface area contributed by atoms with Gasteiger partial charge in [0.1, 0.15) is 5.82 Å². The Morgan fingerprint density at radius 1 is 1.25 bits per heavy atom. The quantitative estimate of drug-likeness (QED) is 0.597. The van der Waals surface area contributed by atoms with Crippen LogP contribution >= 0.6 is 11.6 Å². The Kier molecular flexibility index (Phi) is 6.28. The average molecular weight is 514 g/mol. The molecule has 1 aromatic heterocycles. The van der Waals surface area contributed by atoms with Crippen LogP contribution in [0.2, 0.25) is 5.02 Å². The van der Waals surface area contributed by atoms with E-state index in [9.17, 15) is 9.90 Å². The molecule has 0 bridgehead atoms. The average Bonchev–Trinajstić information content (AvgIpc) is 3.50. The highest BCUT2D eigenvalue weighted by molar-refractivity contribution is 6.32. The summed E-state index contributed by atoms with van der Waals surface area (Å²) in [4.78, 5) is 19.8. The van der Waals surface area contributed by atoms with Crippen LogP contribution in [-0.4, -0.2) is 71.6 Å². The number of likely N-dealkylation sites (tertiary alicyclic amines) is 1. The number of hydrogen-bond donors (Lipinski definition) is 2. The van der Waals surface area contributed by atoms with Crippen molar-refractivity contribution in [3.8, 4) is 0 Å². The first kappa shape index (κ1) is 24.6. The Morgan fingerprint density at radius 2 is 2.03 bits per heavy atom. The van der Waals surface area contributed by atoms with E-state index in [-0.39, 0.29) is 22.8 Å². The fraction of sp³-hybridized carbons (Fsp3) is 0.643. The summed E-state index contributed by atoms with van der Waals surface area (Å²) in [5.74, 6) is 1.10. The van der Waals surface area contributed by atoms with Gasteiger partial charge in [0.05, 0.1) is 31.0 Å². The number of amides is 1. The number of aromatic nitrogens is 1. The second-order valence-corrected chi connectivity index (χ2v) is 11.9. The molecule has 3 heterocycles. The topological polar surface area (TPSA) is 83.9 Å². The van der Waals surface area contributed by atoms with Gasteiger partial charge >= 0.3 is 0 Å². The maximum atomic E-state index is 12.9. The molecule has 0 radical (unpaired) electrons. The van der Waals surface area contributed by atoms with Gasteiger partial charge in [0.2, 0.25) is 5.91 Å². The van der Waals surface area contributed by atoms with Crippen LogP contribution in [0.4, 0.5) is 5.82 Å². The standard InChI is InChI=1S/C28H36ClN3O4/c1-3-36-20-11-28(12-20)13-22(28)26(34)31-25-10-18-8-21(23(29)9-19(18)14-30-25)17-4-6-32(7-5-17)27(2)16-35-15-24(27)33/h8-10,14,17,20,22,24,33H,3-7,11-13,15-16H2,1-2H3,(H,30,31,34)/t20?,22-,24+,27-,28?/m0/s1. The van der Waals surface area contributed by atoms with E-state index < -0.39 is 6.10 Å². The van der Waals surface area contributed by atoms with E-state index in [0.29, 0.717) is 31.1 Å². The number of pyridine rings is 1. The number of halogens is 1. The third-order valence-electron chi connectivity index (χ3n) is 9.31. The molecule has 8 heteroatoms. The second kappa shape index (κ2) is 9.21. The normalized spacial score (nSPS) is 34.7. The number of fused-ring (bicyclic) bond motifs is 1. The Balaban J connectivity index is 1.12. The Morgan fingerprint density at radius 3 is 2.72 bits per heavy atom. The fourth-order valence-electron chi connectivity index (χ4n) is 6.80. The van der Waals surface area contributed by atoms with Gasteiger partial charge < -0.3 is 19.9 Å². The molecule has 7 nitrogen and oxygen atoms in total. The first-order valence-electron chi connectivity index (χ1n) is 13.3. The minimum atomic E-state index is -0.444. The molecule has 2 aromatic rings. The predicted molar refractivity (Wildman–Crippen MR) is 139 cm³/mol. The largest absolute Gasteiger partial charge is 0.389 e. The summed E-state index contributed by atoms with van der Waals surface area (Å²) in [7, 11) is 0. The molecule has 2 aliphatic heterocycles. The summed E-state index contributed by atoms with van der Waals surface area (Å²) in [5.41, 5.74) is 1.01. The number of benzene rings is 1. The highest BCUT2D eigenvalue weighted by Crippen LogP contribution is 2.66. The molecule has 2 saturated carbocycles. The number of rotatable bonds is 6. The monoisotopic (exact) mass is 513 g/mol. The van der Waals surface area contributed by atoms with Crippen molar-refractivity contribution < 1.29 is 19.4 Å². The van der Waals surface area contributed by atoms with Gasteiger partial charge in [0.15, 0.2) is 0 Å². The zero-order valence-corrected chi connectivity index (χ0v) is 21.9. The van der Waals surface area contributed by atoms with Crippen LogP contribution in [0.15, 0.2) is 24.4 Å². The number of nitrogens with zero attached hydrogens (tertiary/aromatic N) is 2. The molecule has 2 aliphatic carbocycles. The molecular formula is C28H36ClN3O4. The van der Waals surface area contributed by atoms with E-state index in [4.69, 9.17) is 21.1 Å². The minimum absolute atomic E-state index is 0.0725. The van der Waals surface area contributed by atoms with Gasteiger partial charge in [0, 0.05) is 29.1 Å². The molecule has 4 fully saturated rings. The van der Waals surface area contributed by atoms with Gasteiger partial charge in [-0.1, -0.05) is 11.6 Å². The maximum absolute atomic E-state index is 12.9. The predicted octanol–water partition coefficient (Wildman–Crippen LogP) is 4.36. The molecular weight excluding hydrogens is 478 g/mol. The minimum Gasteiger partial charge on any atom is -0.389 e. The van der Waals surface area contributed by atoms with Crippen molar-refractivity contribution in [2.45, 2.75) is 69.6 Å². The first-order valence-corrected chi connectivity index (χ1v) is 13.7. The molecule has 0 unspecified atom stereocenters. The SMILES string of the molecule is CCOC1CC2(C1)C[C@H]2C(=O)Nc1cc2cc(C3CCN([C@@]4(C)COC[C@H]4O)CC3)c(Cl)cc2cn1. The van der Waals surface area contributed by atoms with E-state index in [1.807, 2.05) is 19.1 Å². The van der Waals surface area contributed by atoms with Crippen molar-refractivity contribution in [1.29, 1.82) is 0 Å². The van der Waals surface area contributed by atoms with Crippen molar-refractivity contribution in [3.05, 3.63) is 35.0 Å². The van der Waals surface area contributed by atoms with E-state index >= 15 is 0 Å². The number of piperidine rings is 1. The number of anilines is 1. The van der Waals surface area contributed by atoms with Crippen molar-refractivity contribution >= 4 is 34.1 Å². The van der Waals surface area contributed by atoms with Gasteiger partial charge in [0.25, 0.3) is 0 Å². The van der Waals surface area contributed by atoms with Crippen molar-refractivity contribution in [2.75, 3.05) is 38.2 Å². The lowest BCUT2D eigenvalue weighted by Gasteiger charge is -2.43. The smallest absolute Gasteiger partial charge is 0.229 e. The van der Waals surface area contributed by atoms with Gasteiger partial charge in [-0.25, -0.2) is 4.98 Å². The molecule has 36 heavy (non-hydrogen) atoms. The van der Waals surface area contributed by atoms with Gasteiger partial charge in [-0.15, -0.1) is 0 Å². The molecule has 6 rings (SSSR count). The summed E-state index contributed by atoms with van der Waals surface area (Å²) in [5, 5.41) is 16.3. The molecule has 1 spiro atoms. The number of carbonyl (C=O) groups excluding carboxylic acids is 1. The number of ether oxygens (including phenoxy) is 2. The lowest BCUT2D eigenvalue weighted by molar-refractivity contribution is -0.120. The maximum Gasteiger partial charge on any atom is 0.229 e. The molecule has 2 saturated heterocycles. The molecule has 194 valence electrons. The van der Waals surface area contributed by atoms with Crippen LogP contribution in [0.1, 0.15) is 57.4 Å². The zero-order valence-electron chi connectivity index (χ0n) is 21.1. The zero-order chi connectivity index (χ0) is 25.1. The Bertz CT molecular complexity index is 1160. The van der Waals surface area contributed by atoms with Gasteiger partial charge in [-0.3, -0.25) is 9.69 Å². The van der Waals surface area contributed by atoms with Crippen LogP contribution in [0.5, 0.6) is 0 Å². The summed E-state index contributed by atoms with van der Waals surface area (Å²) in [6, 6.07) is 6.13. The van der Waals surface area contributed by atoms with E-state index in [1.165, 1.54) is 0 Å². The van der Waals surface area contributed by atoms with E-state index in [0.717, 1.165) is 73.2 Å². The number of nitrogens with one attached hydrogen (secondary N) is 1. The highest BCUT2D eigenvalue weighted by atomic mass is 35.5. The Labute approximate surface area is 217 Å². The van der Waals surface area contributed by atoms with Crippen LogP contribution in [0, 0.1) is 11.3 Å². The van der Waals surface area contributed by atoms with Crippen molar-refractivity contribution in [3.63, 3.8) is 0 Å². The summed E-state index contributed by atoms with van der Waals surface area (Å²) >= 11 is 6.73. The van der Waals surface area contributed by atoms with Crippen LogP contribution in [0.3, 0.4) is 0 Å². The number of hydrogen-bond acceptors (Lipinski definition) is 6. The summed E-state index contributed by atoms with van der Waals surface area (Å²) in [6.07, 6.45) is 6.58. The first-order chi connectivity index (χ1) is 17.3. The number of aliphatic hydroxyl groups excluding tert-OH is 1. The summed E-state index contributed by atoms with van der Waals surface area (Å²) < 4.78 is 11.2. The third-order valence-corrected chi connectivity index (χ3v) is 9.64. The summed E-state index contributed by atoms with van der Waals surface area (Å²) in [6.45, 7) is 7.65. The van der Waals surface area contributed by atoms with Crippen molar-refractivity contribution in [2.24, 2.45) is 11.3 Å². The highest BCUT2D eigenvalue weighted by Gasteiger charge is 2.64. The van der Waals surface area contributed by atoms with Gasteiger partial charge in [-0.2, -0.15) is 0 Å². The molecule has 1 aromatic carbocycles. The van der Waals surface area contributed by atoms with Gasteiger partial charge in [-0.05, 0) is 99.5 Å².